The molecular formula is C76H139NO18. The second kappa shape index (κ2) is 57.4. The average Bonchev–Trinajstić information content (AvgIpc) is 0.787. The lowest BCUT2D eigenvalue weighted by atomic mass is 9.96. The van der Waals surface area contributed by atoms with Gasteiger partial charge in [-0.2, -0.15) is 0 Å². The predicted octanol–water partition coefficient (Wildman–Crippen LogP) is 11.7. The van der Waals surface area contributed by atoms with E-state index in [-0.39, 0.29) is 18.9 Å². The Morgan fingerprint density at radius 3 is 1.05 bits per heavy atom. The highest BCUT2D eigenvalue weighted by atomic mass is 16.8. The van der Waals surface area contributed by atoms with Crippen molar-refractivity contribution in [2.75, 3.05) is 26.4 Å². The Morgan fingerprint density at radius 1 is 0.368 bits per heavy atom. The summed E-state index contributed by atoms with van der Waals surface area (Å²) in [4.78, 5) is 13.4. The van der Waals surface area contributed by atoms with Crippen LogP contribution in [0.4, 0.5) is 0 Å². The number of hydrogen-bond acceptors (Lipinski definition) is 18. The van der Waals surface area contributed by atoms with Crippen LogP contribution in [0.15, 0.2) is 48.6 Å². The van der Waals surface area contributed by atoms with Crippen LogP contribution in [-0.2, 0) is 33.2 Å². The Morgan fingerprint density at radius 2 is 0.674 bits per heavy atom. The zero-order valence-electron chi connectivity index (χ0n) is 59.2. The fourth-order valence-electron chi connectivity index (χ4n) is 12.9. The molecule has 3 aliphatic rings. The molecule has 3 saturated heterocycles. The zero-order valence-corrected chi connectivity index (χ0v) is 59.2. The summed E-state index contributed by atoms with van der Waals surface area (Å²) in [5.41, 5.74) is 0. The molecule has 3 heterocycles. The second-order valence-electron chi connectivity index (χ2n) is 27.4. The number of unbranched alkanes of at least 4 members (excludes halogenated alkanes) is 38. The largest absolute Gasteiger partial charge is 0.394 e. The lowest BCUT2D eigenvalue weighted by Crippen LogP contribution is -2.66. The summed E-state index contributed by atoms with van der Waals surface area (Å²) < 4.78 is 34.4. The minimum atomic E-state index is -1.98. The predicted molar refractivity (Wildman–Crippen MR) is 374 cm³/mol. The SMILES string of the molecule is CCCCCCCCCC/C=C\CCCCCCCCCCCCCCCC(=O)NC(COC1OC(CO)C(OC2OC(CO)C(OC3OC(CO)C(O)C(O)C3O)C(O)C2O)C(O)C1O)C(O)/C=C/CC/C=C/CC/C=C/CCCCCCCCCCCCCCCCC. The summed E-state index contributed by atoms with van der Waals surface area (Å²) >= 11 is 0. The molecular weight excluding hydrogens is 1210 g/mol. The number of aliphatic hydroxyl groups excluding tert-OH is 11. The summed E-state index contributed by atoms with van der Waals surface area (Å²) in [5.74, 6) is -0.287. The number of hydrogen-bond donors (Lipinski definition) is 12. The summed E-state index contributed by atoms with van der Waals surface area (Å²) in [5, 5.41) is 121. The van der Waals surface area contributed by atoms with E-state index in [4.69, 9.17) is 28.4 Å². The number of carbonyl (C=O) groups excluding carboxylic acids is 1. The molecule has 17 unspecified atom stereocenters. The van der Waals surface area contributed by atoms with Crippen molar-refractivity contribution in [1.82, 2.24) is 5.32 Å². The van der Waals surface area contributed by atoms with Gasteiger partial charge in [0.2, 0.25) is 5.91 Å². The van der Waals surface area contributed by atoms with Crippen LogP contribution in [0.25, 0.3) is 0 Å². The topological polar surface area (TPSA) is 307 Å². The van der Waals surface area contributed by atoms with Gasteiger partial charge in [0.25, 0.3) is 0 Å². The monoisotopic (exact) mass is 1350 g/mol. The summed E-state index contributed by atoms with van der Waals surface area (Å²) in [7, 11) is 0. The number of ether oxygens (including phenoxy) is 6. The number of carbonyl (C=O) groups is 1. The molecule has 19 heteroatoms. The number of aliphatic hydroxyl groups is 11. The van der Waals surface area contributed by atoms with E-state index in [1.54, 1.807) is 6.08 Å². The van der Waals surface area contributed by atoms with E-state index in [2.05, 4.69) is 55.6 Å². The summed E-state index contributed by atoms with van der Waals surface area (Å²) in [6.45, 7) is 1.74. The molecule has 3 rings (SSSR count). The molecule has 0 saturated carbocycles. The minimum absolute atomic E-state index is 0.233. The first-order valence-corrected chi connectivity index (χ1v) is 38.4. The van der Waals surface area contributed by atoms with Crippen molar-refractivity contribution in [3.63, 3.8) is 0 Å². The van der Waals surface area contributed by atoms with Crippen LogP contribution in [0, 0.1) is 0 Å². The molecule has 19 nitrogen and oxygen atoms in total. The van der Waals surface area contributed by atoms with E-state index in [1.165, 1.54) is 218 Å². The van der Waals surface area contributed by atoms with Crippen molar-refractivity contribution in [3.05, 3.63) is 48.6 Å². The molecule has 3 aliphatic heterocycles. The van der Waals surface area contributed by atoms with Gasteiger partial charge in [0, 0.05) is 6.42 Å². The van der Waals surface area contributed by atoms with Crippen molar-refractivity contribution < 1.29 is 89.4 Å². The highest BCUT2D eigenvalue weighted by molar-refractivity contribution is 5.76. The van der Waals surface area contributed by atoms with Gasteiger partial charge in [-0.05, 0) is 70.6 Å². The molecule has 3 fully saturated rings. The minimum Gasteiger partial charge on any atom is -0.394 e. The zero-order chi connectivity index (χ0) is 68.9. The molecule has 0 aromatic rings. The van der Waals surface area contributed by atoms with Crippen LogP contribution in [0.1, 0.15) is 296 Å². The van der Waals surface area contributed by atoms with Crippen LogP contribution < -0.4 is 5.32 Å². The first-order chi connectivity index (χ1) is 46.3. The summed E-state index contributed by atoms with van der Waals surface area (Å²) in [6, 6.07) is -0.998. The van der Waals surface area contributed by atoms with E-state index in [0.717, 1.165) is 44.9 Å². The van der Waals surface area contributed by atoms with E-state index in [0.29, 0.717) is 12.8 Å². The van der Waals surface area contributed by atoms with Gasteiger partial charge < -0.3 is 89.9 Å². The van der Waals surface area contributed by atoms with Crippen molar-refractivity contribution in [3.8, 4) is 0 Å². The fraction of sp³-hybridized carbons (Fsp3) is 0.882. The number of amides is 1. The van der Waals surface area contributed by atoms with Crippen LogP contribution in [0.3, 0.4) is 0 Å². The quantitative estimate of drug-likeness (QED) is 0.0199. The molecule has 17 atom stereocenters. The number of rotatable bonds is 60. The Balaban J connectivity index is 1.42. The van der Waals surface area contributed by atoms with Crippen LogP contribution in [0.5, 0.6) is 0 Å². The van der Waals surface area contributed by atoms with Gasteiger partial charge in [-0.15, -0.1) is 0 Å². The maximum Gasteiger partial charge on any atom is 0.220 e. The third-order valence-corrected chi connectivity index (χ3v) is 19.1. The Hall–Kier alpha value is -2.25. The maximum absolute atomic E-state index is 13.4. The molecule has 0 aromatic heterocycles. The Bertz CT molecular complexity index is 1910. The van der Waals surface area contributed by atoms with E-state index < -0.39 is 124 Å². The lowest BCUT2D eigenvalue weighted by molar-refractivity contribution is -0.379. The van der Waals surface area contributed by atoms with Crippen molar-refractivity contribution in [1.29, 1.82) is 0 Å². The van der Waals surface area contributed by atoms with Gasteiger partial charge in [0.15, 0.2) is 18.9 Å². The van der Waals surface area contributed by atoms with Crippen molar-refractivity contribution >= 4 is 5.91 Å². The number of allylic oxidation sites excluding steroid dienone is 7. The Labute approximate surface area is 573 Å². The summed E-state index contributed by atoms with van der Waals surface area (Å²) in [6.07, 6.45) is 43.8. The molecule has 0 radical (unpaired) electrons. The highest BCUT2D eigenvalue weighted by Crippen LogP contribution is 2.33. The molecule has 12 N–H and O–H groups in total. The third-order valence-electron chi connectivity index (χ3n) is 19.1. The Kier molecular flexibility index (Phi) is 52.5. The van der Waals surface area contributed by atoms with Gasteiger partial charge in [-0.3, -0.25) is 4.79 Å². The number of nitrogens with one attached hydrogen (secondary N) is 1. The molecule has 0 aromatic carbocycles. The molecule has 0 bridgehead atoms. The first-order valence-electron chi connectivity index (χ1n) is 38.4. The highest BCUT2D eigenvalue weighted by Gasteiger charge is 2.53. The van der Waals surface area contributed by atoms with Gasteiger partial charge in [-0.25, -0.2) is 0 Å². The molecule has 0 spiro atoms. The molecule has 0 aliphatic carbocycles. The van der Waals surface area contributed by atoms with Gasteiger partial charge >= 0.3 is 0 Å². The smallest absolute Gasteiger partial charge is 0.220 e. The van der Waals surface area contributed by atoms with Gasteiger partial charge in [0.1, 0.15) is 73.2 Å². The van der Waals surface area contributed by atoms with E-state index in [9.17, 15) is 61.0 Å². The third kappa shape index (κ3) is 38.4. The first kappa shape index (κ1) is 87.0. The lowest BCUT2D eigenvalue weighted by Gasteiger charge is -2.48. The normalized spacial score (nSPS) is 27.4. The molecule has 1 amide bonds. The van der Waals surface area contributed by atoms with Crippen LogP contribution in [0.2, 0.25) is 0 Å². The maximum atomic E-state index is 13.4. The van der Waals surface area contributed by atoms with Crippen molar-refractivity contribution in [2.45, 2.75) is 401 Å². The van der Waals surface area contributed by atoms with Gasteiger partial charge in [-0.1, -0.05) is 268 Å². The average molecular weight is 1350 g/mol. The fourth-order valence-corrected chi connectivity index (χ4v) is 12.9. The molecule has 556 valence electrons. The second-order valence-corrected chi connectivity index (χ2v) is 27.4. The van der Waals surface area contributed by atoms with Crippen LogP contribution >= 0.6 is 0 Å². The van der Waals surface area contributed by atoms with Crippen LogP contribution in [-0.4, -0.2) is 193 Å². The molecule has 95 heavy (non-hydrogen) atoms. The van der Waals surface area contributed by atoms with Crippen molar-refractivity contribution in [2.24, 2.45) is 0 Å². The van der Waals surface area contributed by atoms with Gasteiger partial charge in [0.05, 0.1) is 38.6 Å². The standard InChI is InChI=1S/C76H139NO18/c1-3-5-7-9-11-13-15-17-19-21-23-25-27-29-31-33-35-37-39-41-43-45-47-49-51-53-60(81)59(77-64(82)54-52-50-48-46-44-42-40-38-36-34-32-30-28-26-24-22-20-18-16-14-12-10-8-6-4-2)58-90-74-70(88)67(85)72(62(56-79)92-74)95-76-71(89)68(86)73(63(57-80)93-76)94-75-69(87)66(84)65(83)61(55-78)91-75/h22,24,35,37,43,45,51,53,59-63,65-76,78-81,83-89H,3-21,23,25-34,36,38-42,44,46-50,52,54-58H2,1-2H3,(H,77,82)/b24-22-,37-35+,45-43+,53-51+. The van der Waals surface area contributed by atoms with E-state index in [1.807, 2.05) is 6.08 Å². The van der Waals surface area contributed by atoms with E-state index >= 15 is 0 Å².